The summed E-state index contributed by atoms with van der Waals surface area (Å²) in [6.07, 6.45) is -4.65. The Morgan fingerprint density at radius 3 is 2.20 bits per heavy atom. The molecule has 0 radical (unpaired) electrons. The van der Waals surface area contributed by atoms with Crippen molar-refractivity contribution >= 4 is 33.2 Å². The molecule has 0 aliphatic heterocycles. The molecule has 0 aliphatic rings. The smallest absolute Gasteiger partial charge is 0.417 e. The minimum Gasteiger partial charge on any atom is -0.484 e. The molecule has 0 bridgehead atoms. The molecule has 2 rings (SSSR count). The maximum Gasteiger partial charge on any atom is 0.417 e. The molecule has 2 N–H and O–H groups in total. The van der Waals surface area contributed by atoms with Gasteiger partial charge in [-0.25, -0.2) is 13.1 Å². The number of nitrogens with one attached hydrogen (secondary N) is 2. The number of alkyl halides is 3. The van der Waals surface area contributed by atoms with E-state index < -0.39 is 44.8 Å². The SMILES string of the molecule is CC(C)(C)NS(=O)(=O)c1ccc(OCC(=O)Nc2ccc(Cl)c(C(F)(F)F)c2)cc1. The Labute approximate surface area is 177 Å². The van der Waals surface area contributed by atoms with Gasteiger partial charge in [0.2, 0.25) is 10.0 Å². The Kier molecular flexibility index (Phi) is 7.05. The number of hydrogen-bond acceptors (Lipinski definition) is 4. The second-order valence-corrected chi connectivity index (χ2v) is 9.45. The summed E-state index contributed by atoms with van der Waals surface area (Å²) in [6.45, 7) is 4.63. The van der Waals surface area contributed by atoms with E-state index in [0.717, 1.165) is 12.1 Å². The Bertz CT molecular complexity index is 1020. The molecule has 0 saturated heterocycles. The lowest BCUT2D eigenvalue weighted by atomic mass is 10.1. The minimum absolute atomic E-state index is 0.0232. The summed E-state index contributed by atoms with van der Waals surface area (Å²) < 4.78 is 70.9. The number of carbonyl (C=O) groups is 1. The van der Waals surface area contributed by atoms with Crippen molar-refractivity contribution in [3.05, 3.63) is 53.1 Å². The van der Waals surface area contributed by atoms with E-state index in [9.17, 15) is 26.4 Å². The highest BCUT2D eigenvalue weighted by Gasteiger charge is 2.33. The Morgan fingerprint density at radius 1 is 1.07 bits per heavy atom. The maximum absolute atomic E-state index is 12.9. The number of halogens is 4. The Balaban J connectivity index is 1.99. The van der Waals surface area contributed by atoms with E-state index in [1.807, 2.05) is 0 Å². The third-order valence-corrected chi connectivity index (χ3v) is 5.60. The average Bonchev–Trinajstić information content (AvgIpc) is 2.59. The van der Waals surface area contributed by atoms with Crippen LogP contribution in [0.15, 0.2) is 47.4 Å². The van der Waals surface area contributed by atoms with Gasteiger partial charge < -0.3 is 10.1 Å². The van der Waals surface area contributed by atoms with E-state index in [1.54, 1.807) is 20.8 Å². The fourth-order valence-electron chi connectivity index (χ4n) is 2.34. The molecule has 2 aromatic rings. The number of sulfonamides is 1. The molecule has 6 nitrogen and oxygen atoms in total. The predicted molar refractivity (Wildman–Crippen MR) is 107 cm³/mol. The van der Waals surface area contributed by atoms with Gasteiger partial charge in [0.15, 0.2) is 6.61 Å². The third-order valence-electron chi connectivity index (χ3n) is 3.50. The van der Waals surface area contributed by atoms with Crippen LogP contribution in [0.2, 0.25) is 5.02 Å². The summed E-state index contributed by atoms with van der Waals surface area (Å²) in [5, 5.41) is 1.81. The van der Waals surface area contributed by atoms with Crippen LogP contribution in [-0.2, 0) is 21.0 Å². The quantitative estimate of drug-likeness (QED) is 0.661. The van der Waals surface area contributed by atoms with Gasteiger partial charge >= 0.3 is 6.18 Å². The van der Waals surface area contributed by atoms with Crippen molar-refractivity contribution in [3.8, 4) is 5.75 Å². The zero-order valence-electron chi connectivity index (χ0n) is 16.3. The van der Waals surface area contributed by atoms with E-state index in [4.69, 9.17) is 16.3 Å². The van der Waals surface area contributed by atoms with Crippen LogP contribution in [0.25, 0.3) is 0 Å². The van der Waals surface area contributed by atoms with Gasteiger partial charge in [0.25, 0.3) is 5.91 Å². The molecule has 0 spiro atoms. The van der Waals surface area contributed by atoms with Crippen molar-refractivity contribution in [2.75, 3.05) is 11.9 Å². The highest BCUT2D eigenvalue weighted by Crippen LogP contribution is 2.36. The van der Waals surface area contributed by atoms with Crippen molar-refractivity contribution in [1.29, 1.82) is 0 Å². The number of hydrogen-bond donors (Lipinski definition) is 2. The summed E-state index contributed by atoms with van der Waals surface area (Å²) in [6, 6.07) is 8.36. The Hall–Kier alpha value is -2.30. The van der Waals surface area contributed by atoms with E-state index in [1.165, 1.54) is 30.3 Å². The van der Waals surface area contributed by atoms with Crippen molar-refractivity contribution in [2.24, 2.45) is 0 Å². The van der Waals surface area contributed by atoms with Gasteiger partial charge in [-0.3, -0.25) is 4.79 Å². The van der Waals surface area contributed by atoms with Gasteiger partial charge in [-0.05, 0) is 63.2 Å². The molecule has 0 aromatic heterocycles. The molecule has 0 saturated carbocycles. The van der Waals surface area contributed by atoms with Crippen LogP contribution in [0.4, 0.5) is 18.9 Å². The number of rotatable bonds is 6. The van der Waals surface area contributed by atoms with Gasteiger partial charge in [-0.2, -0.15) is 13.2 Å². The van der Waals surface area contributed by atoms with E-state index in [2.05, 4.69) is 10.0 Å². The maximum atomic E-state index is 12.9. The van der Waals surface area contributed by atoms with Gasteiger partial charge in [-0.15, -0.1) is 0 Å². The number of amides is 1. The summed E-state index contributed by atoms with van der Waals surface area (Å²) >= 11 is 5.53. The number of carbonyl (C=O) groups excluding carboxylic acids is 1. The number of ether oxygens (including phenoxy) is 1. The summed E-state index contributed by atoms with van der Waals surface area (Å²) in [5.74, 6) is -0.483. The molecule has 11 heteroatoms. The molecular formula is C19H20ClF3N2O4S. The monoisotopic (exact) mass is 464 g/mol. The van der Waals surface area contributed by atoms with Crippen molar-refractivity contribution in [3.63, 3.8) is 0 Å². The van der Waals surface area contributed by atoms with Gasteiger partial charge in [0.05, 0.1) is 15.5 Å². The summed E-state index contributed by atoms with van der Waals surface area (Å²) in [4.78, 5) is 12.0. The van der Waals surface area contributed by atoms with Gasteiger partial charge in [0.1, 0.15) is 5.75 Å². The fourth-order valence-corrected chi connectivity index (χ4v) is 3.99. The molecule has 0 fully saturated rings. The zero-order chi connectivity index (χ0) is 22.7. The van der Waals surface area contributed by atoms with Crippen LogP contribution in [-0.4, -0.2) is 26.5 Å². The van der Waals surface area contributed by atoms with Gasteiger partial charge in [-0.1, -0.05) is 11.6 Å². The molecule has 1 amide bonds. The lowest BCUT2D eigenvalue weighted by molar-refractivity contribution is -0.137. The Morgan fingerprint density at radius 2 is 1.67 bits per heavy atom. The molecule has 2 aromatic carbocycles. The first-order chi connectivity index (χ1) is 13.7. The minimum atomic E-state index is -4.65. The predicted octanol–water partition coefficient (Wildman–Crippen LogP) is 4.45. The number of anilines is 1. The lowest BCUT2D eigenvalue weighted by Crippen LogP contribution is -2.40. The van der Waals surface area contributed by atoms with E-state index in [-0.39, 0.29) is 16.3 Å². The fraction of sp³-hybridized carbons (Fsp3) is 0.316. The highest BCUT2D eigenvalue weighted by atomic mass is 35.5. The number of benzene rings is 2. The van der Waals surface area contributed by atoms with Crippen molar-refractivity contribution in [1.82, 2.24) is 4.72 Å². The van der Waals surface area contributed by atoms with E-state index >= 15 is 0 Å². The third kappa shape index (κ3) is 6.89. The standard InChI is InChI=1S/C19H20ClF3N2O4S/c1-18(2,3)25-30(27,28)14-7-5-13(6-8-14)29-11-17(26)24-12-4-9-16(20)15(10-12)19(21,22)23/h4-10,25H,11H2,1-3H3,(H,24,26). The lowest BCUT2D eigenvalue weighted by Gasteiger charge is -2.20. The zero-order valence-corrected chi connectivity index (χ0v) is 17.9. The topological polar surface area (TPSA) is 84.5 Å². The molecular weight excluding hydrogens is 445 g/mol. The first-order valence-electron chi connectivity index (χ1n) is 8.61. The first-order valence-corrected chi connectivity index (χ1v) is 10.5. The molecule has 0 unspecified atom stereocenters. The molecule has 30 heavy (non-hydrogen) atoms. The van der Waals surface area contributed by atoms with Crippen LogP contribution in [0, 0.1) is 0 Å². The summed E-state index contributed by atoms with van der Waals surface area (Å²) in [5.41, 5.74) is -1.81. The van der Waals surface area contributed by atoms with Crippen LogP contribution in [0.3, 0.4) is 0 Å². The van der Waals surface area contributed by atoms with Crippen molar-refractivity contribution < 1.29 is 31.1 Å². The average molecular weight is 465 g/mol. The highest BCUT2D eigenvalue weighted by molar-refractivity contribution is 7.89. The van der Waals surface area contributed by atoms with Gasteiger partial charge in [0, 0.05) is 11.2 Å². The molecule has 0 heterocycles. The summed E-state index contributed by atoms with van der Waals surface area (Å²) in [7, 11) is -3.71. The van der Waals surface area contributed by atoms with E-state index in [0.29, 0.717) is 0 Å². The second-order valence-electron chi connectivity index (χ2n) is 7.36. The largest absolute Gasteiger partial charge is 0.484 e. The van der Waals surface area contributed by atoms with Crippen LogP contribution in [0.1, 0.15) is 26.3 Å². The van der Waals surface area contributed by atoms with Crippen LogP contribution >= 0.6 is 11.6 Å². The molecule has 0 atom stereocenters. The molecule has 0 aliphatic carbocycles. The molecule has 164 valence electrons. The normalized spacial score (nSPS) is 12.5. The van der Waals surface area contributed by atoms with Crippen LogP contribution < -0.4 is 14.8 Å². The first kappa shape index (κ1) is 24.0. The van der Waals surface area contributed by atoms with Crippen molar-refractivity contribution in [2.45, 2.75) is 37.4 Å². The van der Waals surface area contributed by atoms with Crippen LogP contribution in [0.5, 0.6) is 5.75 Å². The second kappa shape index (κ2) is 8.83.